The van der Waals surface area contributed by atoms with Crippen LogP contribution in [0.15, 0.2) is 27.1 Å². The normalized spacial score (nSPS) is 11.2. The molecule has 1 N–H and O–H groups in total. The Morgan fingerprint density at radius 1 is 1.17 bits per heavy atom. The number of unbranched alkanes of at least 4 members (excludes halogenated alkanes) is 1. The number of hydrogen-bond acceptors (Lipinski definition) is 2. The first-order valence-corrected chi connectivity index (χ1v) is 7.94. The van der Waals surface area contributed by atoms with E-state index in [2.05, 4.69) is 69.2 Å². The maximum absolute atomic E-state index is 5.50. The number of rotatable bonds is 8. The molecule has 0 saturated heterocycles. The zero-order chi connectivity index (χ0) is 13.4. The van der Waals surface area contributed by atoms with Gasteiger partial charge in [0.2, 0.25) is 0 Å². The van der Waals surface area contributed by atoms with E-state index in [4.69, 9.17) is 4.74 Å². The smallest absolute Gasteiger partial charge is 0.0518 e. The third kappa shape index (κ3) is 6.88. The van der Waals surface area contributed by atoms with E-state index in [1.165, 1.54) is 5.56 Å². The molecule has 1 rings (SSSR count). The largest absolute Gasteiger partial charge is 0.379 e. The van der Waals surface area contributed by atoms with Crippen LogP contribution in [0.2, 0.25) is 0 Å². The molecule has 0 unspecified atom stereocenters. The molecule has 0 aliphatic carbocycles. The maximum Gasteiger partial charge on any atom is 0.0518 e. The van der Waals surface area contributed by atoms with Gasteiger partial charge in [-0.05, 0) is 82.8 Å². The van der Waals surface area contributed by atoms with Crippen molar-refractivity contribution in [3.63, 3.8) is 0 Å². The molecule has 1 aromatic carbocycles. The third-order valence-electron chi connectivity index (χ3n) is 2.51. The Labute approximate surface area is 127 Å². The molecule has 18 heavy (non-hydrogen) atoms. The molecule has 4 heteroatoms. The highest BCUT2D eigenvalue weighted by Gasteiger charge is 1.98. The minimum atomic E-state index is 0.345. The molecule has 2 nitrogen and oxygen atoms in total. The molecule has 0 atom stereocenters. The first-order chi connectivity index (χ1) is 8.59. The van der Waals surface area contributed by atoms with E-state index in [-0.39, 0.29) is 0 Å². The third-order valence-corrected chi connectivity index (χ3v) is 4.39. The van der Waals surface area contributed by atoms with Gasteiger partial charge in [0.25, 0.3) is 0 Å². The second kappa shape index (κ2) is 9.08. The first-order valence-electron chi connectivity index (χ1n) is 6.36. The standard InChI is InChI=1S/C14H21Br2NO/c1-11(2)18-8-4-3-7-17-10-12-5-6-13(15)14(16)9-12/h5-6,9,11,17H,3-4,7-8,10H2,1-2H3. The molecule has 0 aromatic heterocycles. The maximum atomic E-state index is 5.50. The summed E-state index contributed by atoms with van der Waals surface area (Å²) >= 11 is 6.98. The van der Waals surface area contributed by atoms with Crippen molar-refractivity contribution in [2.45, 2.75) is 39.3 Å². The molecule has 0 saturated carbocycles. The van der Waals surface area contributed by atoms with E-state index >= 15 is 0 Å². The molecule has 1 aromatic rings. The van der Waals surface area contributed by atoms with Gasteiger partial charge in [-0.25, -0.2) is 0 Å². The number of benzene rings is 1. The summed E-state index contributed by atoms with van der Waals surface area (Å²) in [4.78, 5) is 0. The van der Waals surface area contributed by atoms with Crippen LogP contribution in [0.4, 0.5) is 0 Å². The van der Waals surface area contributed by atoms with E-state index in [0.717, 1.165) is 41.5 Å². The highest BCUT2D eigenvalue weighted by Crippen LogP contribution is 2.23. The van der Waals surface area contributed by atoms with Gasteiger partial charge in [0.1, 0.15) is 0 Å². The molecule has 0 aliphatic rings. The zero-order valence-electron chi connectivity index (χ0n) is 11.0. The molecule has 0 amide bonds. The number of ether oxygens (including phenoxy) is 1. The van der Waals surface area contributed by atoms with Crippen LogP contribution in [-0.4, -0.2) is 19.3 Å². The van der Waals surface area contributed by atoms with Gasteiger partial charge in [0.15, 0.2) is 0 Å². The molecule has 0 radical (unpaired) electrons. The first kappa shape index (κ1) is 16.2. The molecule has 0 heterocycles. The molecule has 0 fully saturated rings. The Morgan fingerprint density at radius 3 is 2.61 bits per heavy atom. The molecule has 102 valence electrons. The summed E-state index contributed by atoms with van der Waals surface area (Å²) < 4.78 is 7.69. The fourth-order valence-electron chi connectivity index (χ4n) is 1.55. The molecule has 0 aliphatic heterocycles. The Kier molecular flexibility index (Phi) is 8.15. The van der Waals surface area contributed by atoms with Crippen LogP contribution in [0.25, 0.3) is 0 Å². The summed E-state index contributed by atoms with van der Waals surface area (Å²) in [5.74, 6) is 0. The molecular formula is C14H21Br2NO. The van der Waals surface area contributed by atoms with Crippen LogP contribution in [0, 0.1) is 0 Å². The SMILES string of the molecule is CC(C)OCCCCNCc1ccc(Br)c(Br)c1. The quantitative estimate of drug-likeness (QED) is 0.672. The van der Waals surface area contributed by atoms with E-state index < -0.39 is 0 Å². The Balaban J connectivity index is 2.09. The number of hydrogen-bond donors (Lipinski definition) is 1. The molecule has 0 spiro atoms. The van der Waals surface area contributed by atoms with Gasteiger partial charge in [-0.2, -0.15) is 0 Å². The minimum Gasteiger partial charge on any atom is -0.379 e. The van der Waals surface area contributed by atoms with Gasteiger partial charge in [-0.3, -0.25) is 0 Å². The predicted octanol–water partition coefficient (Wildman–Crippen LogP) is 4.51. The number of halogens is 2. The van der Waals surface area contributed by atoms with Gasteiger partial charge < -0.3 is 10.1 Å². The summed E-state index contributed by atoms with van der Waals surface area (Å²) in [6.07, 6.45) is 2.62. The monoisotopic (exact) mass is 377 g/mol. The Morgan fingerprint density at radius 2 is 1.94 bits per heavy atom. The summed E-state index contributed by atoms with van der Waals surface area (Å²) in [7, 11) is 0. The lowest BCUT2D eigenvalue weighted by atomic mass is 10.2. The summed E-state index contributed by atoms with van der Waals surface area (Å²) in [6, 6.07) is 6.33. The van der Waals surface area contributed by atoms with E-state index in [0.29, 0.717) is 6.10 Å². The van der Waals surface area contributed by atoms with Crippen LogP contribution in [-0.2, 0) is 11.3 Å². The summed E-state index contributed by atoms with van der Waals surface area (Å²) in [6.45, 7) is 6.96. The zero-order valence-corrected chi connectivity index (χ0v) is 14.2. The summed E-state index contributed by atoms with van der Waals surface area (Å²) in [5.41, 5.74) is 1.29. The van der Waals surface area contributed by atoms with Crippen LogP contribution in [0.1, 0.15) is 32.3 Å². The number of nitrogens with one attached hydrogen (secondary N) is 1. The van der Waals surface area contributed by atoms with Crippen molar-refractivity contribution in [2.24, 2.45) is 0 Å². The minimum absolute atomic E-state index is 0.345. The van der Waals surface area contributed by atoms with E-state index in [9.17, 15) is 0 Å². The fraction of sp³-hybridized carbons (Fsp3) is 0.571. The summed E-state index contributed by atoms with van der Waals surface area (Å²) in [5, 5.41) is 3.44. The lowest BCUT2D eigenvalue weighted by Gasteiger charge is -2.08. The van der Waals surface area contributed by atoms with Crippen molar-refractivity contribution in [3.05, 3.63) is 32.7 Å². The van der Waals surface area contributed by atoms with Crippen LogP contribution < -0.4 is 5.32 Å². The second-order valence-electron chi connectivity index (χ2n) is 4.55. The lowest BCUT2D eigenvalue weighted by molar-refractivity contribution is 0.0760. The van der Waals surface area contributed by atoms with Crippen molar-refractivity contribution in [3.8, 4) is 0 Å². The van der Waals surface area contributed by atoms with Gasteiger partial charge in [0.05, 0.1) is 6.10 Å². The van der Waals surface area contributed by atoms with Crippen molar-refractivity contribution in [1.82, 2.24) is 5.32 Å². The van der Waals surface area contributed by atoms with Crippen LogP contribution in [0.3, 0.4) is 0 Å². The molecule has 0 bridgehead atoms. The van der Waals surface area contributed by atoms with Crippen molar-refractivity contribution in [1.29, 1.82) is 0 Å². The van der Waals surface area contributed by atoms with Crippen LogP contribution >= 0.6 is 31.9 Å². The average Bonchev–Trinajstić information content (AvgIpc) is 2.32. The Bertz CT molecular complexity index is 356. The van der Waals surface area contributed by atoms with Crippen molar-refractivity contribution < 1.29 is 4.74 Å². The van der Waals surface area contributed by atoms with Crippen molar-refractivity contribution >= 4 is 31.9 Å². The highest BCUT2D eigenvalue weighted by atomic mass is 79.9. The van der Waals surface area contributed by atoms with Crippen LogP contribution in [0.5, 0.6) is 0 Å². The predicted molar refractivity (Wildman–Crippen MR) is 83.9 cm³/mol. The molecular weight excluding hydrogens is 358 g/mol. The average molecular weight is 379 g/mol. The topological polar surface area (TPSA) is 21.3 Å². The van der Waals surface area contributed by atoms with Gasteiger partial charge in [0, 0.05) is 22.1 Å². The second-order valence-corrected chi connectivity index (χ2v) is 6.26. The van der Waals surface area contributed by atoms with Gasteiger partial charge in [-0.15, -0.1) is 0 Å². The Hall–Kier alpha value is 0.1000. The highest BCUT2D eigenvalue weighted by molar-refractivity contribution is 9.13. The fourth-order valence-corrected chi connectivity index (χ4v) is 2.23. The van der Waals surface area contributed by atoms with Gasteiger partial charge in [-0.1, -0.05) is 6.07 Å². The lowest BCUT2D eigenvalue weighted by Crippen LogP contribution is -2.15. The van der Waals surface area contributed by atoms with Crippen molar-refractivity contribution in [2.75, 3.05) is 13.2 Å². The van der Waals surface area contributed by atoms with Gasteiger partial charge >= 0.3 is 0 Å². The van der Waals surface area contributed by atoms with E-state index in [1.807, 2.05) is 0 Å². The van der Waals surface area contributed by atoms with E-state index in [1.54, 1.807) is 0 Å².